The third-order valence-corrected chi connectivity index (χ3v) is 6.50. The molecule has 5 N–H and O–H groups in total. The van der Waals surface area contributed by atoms with E-state index in [0.717, 1.165) is 5.92 Å². The summed E-state index contributed by atoms with van der Waals surface area (Å²) in [4.78, 5) is 10.1. The van der Waals surface area contributed by atoms with E-state index in [9.17, 15) is 0 Å². The molecule has 4 rings (SSSR count). The Morgan fingerprint density at radius 2 is 2.04 bits per heavy atom. The van der Waals surface area contributed by atoms with Gasteiger partial charge < -0.3 is 10.2 Å². The van der Waals surface area contributed by atoms with Crippen LogP contribution in [0.3, 0.4) is 0 Å². The summed E-state index contributed by atoms with van der Waals surface area (Å²) in [7, 11) is 4.37. The van der Waals surface area contributed by atoms with Crippen LogP contribution in [0.15, 0.2) is 0 Å². The summed E-state index contributed by atoms with van der Waals surface area (Å²) < 4.78 is 0. The highest BCUT2D eigenvalue weighted by molar-refractivity contribution is 4.84. The van der Waals surface area contributed by atoms with Gasteiger partial charge in [0.15, 0.2) is 6.23 Å². The molecule has 3 heterocycles. The highest BCUT2D eigenvalue weighted by Gasteiger charge is 2.44. The number of hydrogen-bond donors (Lipinski definition) is 4. The van der Waals surface area contributed by atoms with E-state index in [1.165, 1.54) is 58.2 Å². The van der Waals surface area contributed by atoms with Crippen LogP contribution in [0.1, 0.15) is 38.5 Å². The van der Waals surface area contributed by atoms with Crippen LogP contribution >= 0.6 is 0 Å². The first-order chi connectivity index (χ1) is 11.2. The van der Waals surface area contributed by atoms with E-state index in [1.807, 2.05) is 0 Å². The predicted octanol–water partition coefficient (Wildman–Crippen LogP) is -1.92. The number of nitrogens with two attached hydrogens (primary N) is 1. The first-order valence-corrected chi connectivity index (χ1v) is 9.72. The zero-order valence-corrected chi connectivity index (χ0v) is 14.8. The lowest BCUT2D eigenvalue weighted by atomic mass is 9.94. The van der Waals surface area contributed by atoms with Gasteiger partial charge in [-0.25, -0.2) is 0 Å². The molecule has 0 aromatic carbocycles. The number of quaternary nitrogens is 2. The lowest BCUT2D eigenvalue weighted by Crippen LogP contribution is -3.15. The monoisotopic (exact) mass is 325 g/mol. The highest BCUT2D eigenvalue weighted by atomic mass is 16.7. The SMILES string of the molecule is CN(C)C1CCC(C2NOC(C3CCC[NH+]3CC3CC3)N2)C[NH2+]1. The standard InChI is InChI=1S/C17H33N5O/c1-21(2)15-8-7-13(10-18-15)16-19-17(23-20-16)14-4-3-9-22(14)11-12-5-6-12/h12-20H,3-11H2,1-2H3/p+2. The predicted molar refractivity (Wildman–Crippen MR) is 88.4 cm³/mol. The molecule has 0 aromatic rings. The normalized spacial score (nSPS) is 45.0. The van der Waals surface area contributed by atoms with Crippen LogP contribution in [0, 0.1) is 11.8 Å². The summed E-state index contributed by atoms with van der Waals surface area (Å²) >= 11 is 0. The number of nitrogens with zero attached hydrogens (tertiary/aromatic N) is 1. The molecule has 0 amide bonds. The zero-order valence-electron chi connectivity index (χ0n) is 14.8. The van der Waals surface area contributed by atoms with Crippen molar-refractivity contribution in [1.82, 2.24) is 15.7 Å². The number of hydroxylamine groups is 1. The second-order valence-electron chi connectivity index (χ2n) is 8.44. The fourth-order valence-corrected chi connectivity index (χ4v) is 4.80. The van der Waals surface area contributed by atoms with Gasteiger partial charge in [0.2, 0.25) is 0 Å². The van der Waals surface area contributed by atoms with E-state index in [4.69, 9.17) is 4.84 Å². The van der Waals surface area contributed by atoms with Gasteiger partial charge in [-0.3, -0.25) is 15.1 Å². The van der Waals surface area contributed by atoms with E-state index in [2.05, 4.69) is 35.1 Å². The van der Waals surface area contributed by atoms with Crippen LogP contribution < -0.4 is 21.0 Å². The minimum atomic E-state index is 0.211. The number of hydrogen-bond acceptors (Lipinski definition) is 4. The van der Waals surface area contributed by atoms with Crippen molar-refractivity contribution in [3.05, 3.63) is 0 Å². The lowest BCUT2D eigenvalue weighted by Gasteiger charge is -2.33. The zero-order chi connectivity index (χ0) is 15.8. The molecule has 3 saturated heterocycles. The summed E-state index contributed by atoms with van der Waals surface area (Å²) in [6, 6.07) is 0.648. The second-order valence-corrected chi connectivity index (χ2v) is 8.44. The molecule has 0 aromatic heterocycles. The Morgan fingerprint density at radius 3 is 2.74 bits per heavy atom. The highest BCUT2D eigenvalue weighted by Crippen LogP contribution is 2.27. The molecule has 4 fully saturated rings. The molecule has 132 valence electrons. The quantitative estimate of drug-likeness (QED) is 0.476. The van der Waals surface area contributed by atoms with E-state index in [1.54, 1.807) is 4.90 Å². The number of rotatable bonds is 5. The average molecular weight is 326 g/mol. The summed E-state index contributed by atoms with van der Waals surface area (Å²) in [5.41, 5.74) is 3.33. The van der Waals surface area contributed by atoms with Crippen molar-refractivity contribution in [2.24, 2.45) is 11.8 Å². The first-order valence-electron chi connectivity index (χ1n) is 9.72. The summed E-state index contributed by atoms with van der Waals surface area (Å²) in [6.45, 7) is 3.90. The molecule has 4 aliphatic rings. The van der Waals surface area contributed by atoms with Crippen LogP contribution in [0.4, 0.5) is 0 Å². The maximum atomic E-state index is 6.00. The van der Waals surface area contributed by atoms with Gasteiger partial charge in [0.25, 0.3) is 0 Å². The van der Waals surface area contributed by atoms with Crippen molar-refractivity contribution in [3.8, 4) is 0 Å². The third-order valence-electron chi connectivity index (χ3n) is 6.50. The molecular weight excluding hydrogens is 290 g/mol. The first kappa shape index (κ1) is 16.2. The molecule has 1 saturated carbocycles. The van der Waals surface area contributed by atoms with Crippen LogP contribution in [0.5, 0.6) is 0 Å². The van der Waals surface area contributed by atoms with Crippen LogP contribution in [0.2, 0.25) is 0 Å². The molecule has 3 aliphatic heterocycles. The Morgan fingerprint density at radius 1 is 1.17 bits per heavy atom. The fraction of sp³-hybridized carbons (Fsp3) is 1.00. The number of likely N-dealkylation sites (tertiary alicyclic amines) is 1. The fourth-order valence-electron chi connectivity index (χ4n) is 4.80. The van der Waals surface area contributed by atoms with Gasteiger partial charge in [0, 0.05) is 31.1 Å². The van der Waals surface area contributed by atoms with Crippen LogP contribution in [-0.2, 0) is 4.84 Å². The third kappa shape index (κ3) is 3.72. The van der Waals surface area contributed by atoms with Gasteiger partial charge in [-0.15, -0.1) is 0 Å². The van der Waals surface area contributed by atoms with E-state index >= 15 is 0 Å². The van der Waals surface area contributed by atoms with Gasteiger partial charge in [-0.05, 0) is 33.4 Å². The topological polar surface area (TPSA) is 57.6 Å². The van der Waals surface area contributed by atoms with Crippen molar-refractivity contribution >= 4 is 0 Å². The lowest BCUT2D eigenvalue weighted by molar-refractivity contribution is -0.918. The van der Waals surface area contributed by atoms with E-state index in [0.29, 0.717) is 24.3 Å². The van der Waals surface area contributed by atoms with E-state index < -0.39 is 0 Å². The second kappa shape index (κ2) is 6.94. The minimum absolute atomic E-state index is 0.211. The minimum Gasteiger partial charge on any atom is -0.331 e. The Balaban J connectivity index is 1.27. The van der Waals surface area contributed by atoms with Gasteiger partial charge in [-0.2, -0.15) is 5.48 Å². The summed E-state index contributed by atoms with van der Waals surface area (Å²) in [5, 5.41) is 6.27. The largest absolute Gasteiger partial charge is 0.331 e. The molecule has 1 aliphatic carbocycles. The maximum Gasteiger partial charge on any atom is 0.183 e. The number of nitrogens with one attached hydrogen (secondary N) is 3. The average Bonchev–Trinajstić information content (AvgIpc) is 3.05. The van der Waals surface area contributed by atoms with E-state index in [-0.39, 0.29) is 6.23 Å². The Kier molecular flexibility index (Phi) is 4.90. The summed E-state index contributed by atoms with van der Waals surface area (Å²) in [6.07, 6.45) is 9.34. The molecular formula is C17H35N5O+2. The van der Waals surface area contributed by atoms with Gasteiger partial charge in [-0.1, -0.05) is 0 Å². The van der Waals surface area contributed by atoms with Crippen molar-refractivity contribution in [2.45, 2.75) is 63.1 Å². The molecule has 23 heavy (non-hydrogen) atoms. The van der Waals surface area contributed by atoms with Gasteiger partial charge in [0.1, 0.15) is 12.2 Å². The Bertz CT molecular complexity index is 394. The van der Waals surface area contributed by atoms with Crippen molar-refractivity contribution in [3.63, 3.8) is 0 Å². The molecule has 0 radical (unpaired) electrons. The molecule has 0 spiro atoms. The molecule has 6 heteroatoms. The molecule has 0 bridgehead atoms. The molecule has 6 atom stereocenters. The maximum absolute atomic E-state index is 6.00. The Labute approximate surface area is 140 Å². The van der Waals surface area contributed by atoms with Crippen molar-refractivity contribution in [2.75, 3.05) is 33.7 Å². The van der Waals surface area contributed by atoms with Crippen LogP contribution in [-0.4, -0.2) is 63.2 Å². The van der Waals surface area contributed by atoms with Crippen molar-refractivity contribution in [1.29, 1.82) is 0 Å². The van der Waals surface area contributed by atoms with Crippen LogP contribution in [0.25, 0.3) is 0 Å². The summed E-state index contributed by atoms with van der Waals surface area (Å²) in [5.74, 6) is 1.68. The Hall–Kier alpha value is -0.240. The smallest absolute Gasteiger partial charge is 0.183 e. The molecule has 6 nitrogen and oxygen atoms in total. The number of piperidine rings is 1. The van der Waals surface area contributed by atoms with Gasteiger partial charge >= 0.3 is 0 Å². The molecule has 6 unspecified atom stereocenters. The van der Waals surface area contributed by atoms with Gasteiger partial charge in [0.05, 0.1) is 25.8 Å². The van der Waals surface area contributed by atoms with Crippen molar-refractivity contribution < 1.29 is 15.1 Å².